The molecular weight excluding hydrogens is 256 g/mol. The summed E-state index contributed by atoms with van der Waals surface area (Å²) in [5, 5.41) is 17.5. The van der Waals surface area contributed by atoms with Gasteiger partial charge in [0.05, 0.1) is 0 Å². The van der Waals surface area contributed by atoms with E-state index < -0.39 is 5.60 Å². The smallest absolute Gasteiger partial charge is 0.254 e. The van der Waals surface area contributed by atoms with Gasteiger partial charge in [0.25, 0.3) is 5.91 Å². The zero-order valence-electron chi connectivity index (χ0n) is 11.9. The van der Waals surface area contributed by atoms with Crippen molar-refractivity contribution in [3.8, 4) is 0 Å². The third-order valence-electron chi connectivity index (χ3n) is 4.59. The van der Waals surface area contributed by atoms with Gasteiger partial charge in [-0.2, -0.15) is 5.10 Å². The Balaban J connectivity index is 1.59. The van der Waals surface area contributed by atoms with Gasteiger partial charge in [-0.3, -0.25) is 9.89 Å². The average Bonchev–Trinajstić information content (AvgIpc) is 3.08. The van der Waals surface area contributed by atoms with E-state index in [0.29, 0.717) is 31.8 Å². The van der Waals surface area contributed by atoms with Crippen molar-refractivity contribution in [2.45, 2.75) is 57.0 Å². The molecule has 1 aromatic heterocycles. The summed E-state index contributed by atoms with van der Waals surface area (Å²) >= 11 is 0. The van der Waals surface area contributed by atoms with Crippen molar-refractivity contribution in [3.63, 3.8) is 0 Å². The van der Waals surface area contributed by atoms with E-state index in [0.717, 1.165) is 37.3 Å². The van der Waals surface area contributed by atoms with Crippen molar-refractivity contribution in [3.05, 3.63) is 11.6 Å². The SMILES string of the molecule is Cc1nc(C2CCN(C(=O)C3(O)CCCC3)CC2)n[nH]1. The van der Waals surface area contributed by atoms with Crippen molar-refractivity contribution >= 4 is 5.91 Å². The summed E-state index contributed by atoms with van der Waals surface area (Å²) in [6.45, 7) is 3.28. The molecule has 0 atom stereocenters. The molecule has 1 saturated carbocycles. The lowest BCUT2D eigenvalue weighted by atomic mass is 9.93. The number of aromatic nitrogens is 3. The Hall–Kier alpha value is -1.43. The second-order valence-electron chi connectivity index (χ2n) is 6.08. The minimum atomic E-state index is -1.09. The predicted molar refractivity (Wildman–Crippen MR) is 73.1 cm³/mol. The molecule has 1 aliphatic heterocycles. The Labute approximate surface area is 118 Å². The third-order valence-corrected chi connectivity index (χ3v) is 4.59. The number of rotatable bonds is 2. The first-order valence-electron chi connectivity index (χ1n) is 7.49. The number of nitrogens with zero attached hydrogens (tertiary/aromatic N) is 3. The molecule has 20 heavy (non-hydrogen) atoms. The molecule has 0 aromatic carbocycles. The topological polar surface area (TPSA) is 82.1 Å². The van der Waals surface area contributed by atoms with Gasteiger partial charge in [-0.25, -0.2) is 4.98 Å². The van der Waals surface area contributed by atoms with Crippen LogP contribution >= 0.6 is 0 Å². The van der Waals surface area contributed by atoms with Gasteiger partial charge in [-0.15, -0.1) is 0 Å². The maximum atomic E-state index is 12.4. The number of nitrogens with one attached hydrogen (secondary N) is 1. The second kappa shape index (κ2) is 5.16. The lowest BCUT2D eigenvalue weighted by Crippen LogP contribution is -2.50. The lowest BCUT2D eigenvalue weighted by Gasteiger charge is -2.35. The number of piperidine rings is 1. The van der Waals surface area contributed by atoms with Crippen molar-refractivity contribution in [2.24, 2.45) is 0 Å². The fraction of sp³-hybridized carbons (Fsp3) is 0.786. The summed E-state index contributed by atoms with van der Waals surface area (Å²) in [7, 11) is 0. The number of aryl methyl sites for hydroxylation is 1. The van der Waals surface area contributed by atoms with Gasteiger partial charge >= 0.3 is 0 Å². The van der Waals surface area contributed by atoms with Crippen LogP contribution in [0.1, 0.15) is 56.1 Å². The quantitative estimate of drug-likeness (QED) is 0.849. The number of hydrogen-bond acceptors (Lipinski definition) is 4. The van der Waals surface area contributed by atoms with Gasteiger partial charge in [-0.05, 0) is 45.4 Å². The summed E-state index contributed by atoms with van der Waals surface area (Å²) in [5.41, 5.74) is -1.09. The molecule has 6 heteroatoms. The van der Waals surface area contributed by atoms with E-state index in [1.54, 1.807) is 0 Å². The number of carbonyl (C=O) groups excluding carboxylic acids is 1. The first kappa shape index (κ1) is 13.5. The first-order valence-corrected chi connectivity index (χ1v) is 7.49. The molecule has 1 saturated heterocycles. The Morgan fingerprint density at radius 2 is 2.00 bits per heavy atom. The third kappa shape index (κ3) is 2.44. The number of likely N-dealkylation sites (tertiary alicyclic amines) is 1. The molecule has 0 radical (unpaired) electrons. The number of aliphatic hydroxyl groups is 1. The number of aromatic amines is 1. The number of carbonyl (C=O) groups is 1. The molecule has 1 aliphatic carbocycles. The normalized spacial score (nSPS) is 23.2. The van der Waals surface area contributed by atoms with Gasteiger partial charge in [0, 0.05) is 19.0 Å². The Morgan fingerprint density at radius 1 is 1.35 bits per heavy atom. The summed E-state index contributed by atoms with van der Waals surface area (Å²) in [6, 6.07) is 0. The molecule has 6 nitrogen and oxygen atoms in total. The highest BCUT2D eigenvalue weighted by Crippen LogP contribution is 2.33. The maximum Gasteiger partial charge on any atom is 0.254 e. The molecule has 2 N–H and O–H groups in total. The van der Waals surface area contributed by atoms with Crippen LogP contribution in [0.3, 0.4) is 0 Å². The van der Waals surface area contributed by atoms with Gasteiger partial charge in [-0.1, -0.05) is 0 Å². The fourth-order valence-corrected chi connectivity index (χ4v) is 3.35. The van der Waals surface area contributed by atoms with Crippen molar-refractivity contribution in [1.82, 2.24) is 20.1 Å². The molecule has 1 aromatic rings. The minimum Gasteiger partial charge on any atom is -0.380 e. The fourth-order valence-electron chi connectivity index (χ4n) is 3.35. The lowest BCUT2D eigenvalue weighted by molar-refractivity contribution is -0.151. The van der Waals surface area contributed by atoms with Gasteiger partial charge in [0.15, 0.2) is 5.82 Å². The Kier molecular flexibility index (Phi) is 3.50. The van der Waals surface area contributed by atoms with Crippen LogP contribution in [-0.2, 0) is 4.79 Å². The molecule has 110 valence electrons. The second-order valence-corrected chi connectivity index (χ2v) is 6.08. The van der Waals surface area contributed by atoms with Gasteiger partial charge < -0.3 is 10.0 Å². The number of hydrogen-bond donors (Lipinski definition) is 2. The zero-order chi connectivity index (χ0) is 14.2. The van der Waals surface area contributed by atoms with Crippen molar-refractivity contribution in [1.29, 1.82) is 0 Å². The van der Waals surface area contributed by atoms with Crippen LogP contribution in [0.4, 0.5) is 0 Å². The molecule has 0 unspecified atom stereocenters. The van der Waals surface area contributed by atoms with E-state index in [1.165, 1.54) is 0 Å². The number of H-pyrrole nitrogens is 1. The molecular formula is C14H22N4O2. The summed E-state index contributed by atoms with van der Waals surface area (Å²) in [4.78, 5) is 18.6. The zero-order valence-corrected chi connectivity index (χ0v) is 11.9. The van der Waals surface area contributed by atoms with Crippen LogP contribution in [0.25, 0.3) is 0 Å². The highest BCUT2D eigenvalue weighted by Gasteiger charge is 2.42. The van der Waals surface area contributed by atoms with E-state index in [2.05, 4.69) is 15.2 Å². The Morgan fingerprint density at radius 3 is 2.55 bits per heavy atom. The van der Waals surface area contributed by atoms with E-state index in [1.807, 2.05) is 11.8 Å². The molecule has 0 spiro atoms. The largest absolute Gasteiger partial charge is 0.380 e. The monoisotopic (exact) mass is 278 g/mol. The first-order chi connectivity index (χ1) is 9.58. The standard InChI is InChI=1S/C14H22N4O2/c1-10-15-12(17-16-10)11-4-8-18(9-5-11)13(19)14(20)6-2-3-7-14/h11,20H,2-9H2,1H3,(H,15,16,17). The molecule has 2 heterocycles. The van der Waals surface area contributed by atoms with Crippen LogP contribution in [0.15, 0.2) is 0 Å². The van der Waals surface area contributed by atoms with E-state index in [4.69, 9.17) is 0 Å². The average molecular weight is 278 g/mol. The van der Waals surface area contributed by atoms with Gasteiger partial charge in [0.2, 0.25) is 0 Å². The van der Waals surface area contributed by atoms with Crippen LogP contribution < -0.4 is 0 Å². The van der Waals surface area contributed by atoms with E-state index in [-0.39, 0.29) is 5.91 Å². The van der Waals surface area contributed by atoms with Crippen molar-refractivity contribution in [2.75, 3.05) is 13.1 Å². The molecule has 2 aliphatic rings. The van der Waals surface area contributed by atoms with E-state index >= 15 is 0 Å². The highest BCUT2D eigenvalue weighted by atomic mass is 16.3. The highest BCUT2D eigenvalue weighted by molar-refractivity contribution is 5.85. The maximum absolute atomic E-state index is 12.4. The predicted octanol–water partition coefficient (Wildman–Crippen LogP) is 1.12. The van der Waals surface area contributed by atoms with Crippen LogP contribution in [0, 0.1) is 6.92 Å². The van der Waals surface area contributed by atoms with Crippen LogP contribution in [0.5, 0.6) is 0 Å². The van der Waals surface area contributed by atoms with Gasteiger partial charge in [0.1, 0.15) is 11.4 Å². The molecule has 0 bridgehead atoms. The number of amides is 1. The van der Waals surface area contributed by atoms with Crippen molar-refractivity contribution < 1.29 is 9.90 Å². The Bertz CT molecular complexity index is 485. The minimum absolute atomic E-state index is 0.0698. The molecule has 1 amide bonds. The van der Waals surface area contributed by atoms with Crippen LogP contribution in [0.2, 0.25) is 0 Å². The van der Waals surface area contributed by atoms with E-state index in [9.17, 15) is 9.90 Å². The summed E-state index contributed by atoms with van der Waals surface area (Å²) in [5.74, 6) is 1.94. The summed E-state index contributed by atoms with van der Waals surface area (Å²) < 4.78 is 0. The van der Waals surface area contributed by atoms with Crippen LogP contribution in [-0.4, -0.2) is 49.8 Å². The molecule has 2 fully saturated rings. The summed E-state index contributed by atoms with van der Waals surface area (Å²) in [6.07, 6.45) is 4.89. The molecule has 3 rings (SSSR count).